The number of fused-ring (bicyclic) bond motifs is 1. The van der Waals surface area contributed by atoms with Crippen LogP contribution in [0.4, 0.5) is 0 Å². The summed E-state index contributed by atoms with van der Waals surface area (Å²) in [6, 6.07) is 4.98. The van der Waals surface area contributed by atoms with Crippen LogP contribution < -0.4 is 0 Å². The van der Waals surface area contributed by atoms with E-state index in [1.54, 1.807) is 30.0 Å². The third kappa shape index (κ3) is 1.88. The zero-order valence-corrected chi connectivity index (χ0v) is 9.73. The van der Waals surface area contributed by atoms with E-state index in [0.717, 1.165) is 16.9 Å². The van der Waals surface area contributed by atoms with Crippen molar-refractivity contribution in [2.75, 3.05) is 0 Å². The van der Waals surface area contributed by atoms with Crippen LogP contribution in [0.1, 0.15) is 37.0 Å². The van der Waals surface area contributed by atoms with Gasteiger partial charge in [-0.25, -0.2) is 0 Å². The molecule has 2 rings (SSSR count). The average molecular weight is 222 g/mol. The van der Waals surface area contributed by atoms with Crippen molar-refractivity contribution in [1.82, 2.24) is 0 Å². The highest BCUT2D eigenvalue weighted by Gasteiger charge is 2.34. The number of aromatic hydroxyl groups is 1. The third-order valence-electron chi connectivity index (χ3n) is 2.90. The first-order chi connectivity index (χ1) is 7.04. The van der Waals surface area contributed by atoms with Crippen LogP contribution in [-0.4, -0.2) is 15.6 Å². The van der Waals surface area contributed by atoms with E-state index in [1.807, 2.05) is 0 Å². The number of carbonyl (C=O) groups excluding carboxylic acids is 1. The fourth-order valence-corrected chi connectivity index (χ4v) is 3.11. The summed E-state index contributed by atoms with van der Waals surface area (Å²) < 4.78 is -0.0160. The van der Waals surface area contributed by atoms with E-state index in [9.17, 15) is 9.90 Å². The van der Waals surface area contributed by atoms with Gasteiger partial charge < -0.3 is 5.11 Å². The molecule has 2 nitrogen and oxygen atoms in total. The number of phenols is 1. The van der Waals surface area contributed by atoms with Crippen LogP contribution in [0.25, 0.3) is 0 Å². The van der Waals surface area contributed by atoms with E-state index in [4.69, 9.17) is 0 Å². The van der Waals surface area contributed by atoms with Crippen LogP contribution in [-0.2, 0) is 0 Å². The summed E-state index contributed by atoms with van der Waals surface area (Å²) in [5.41, 5.74) is 0.753. The zero-order valence-electron chi connectivity index (χ0n) is 8.91. The van der Waals surface area contributed by atoms with E-state index < -0.39 is 0 Å². The van der Waals surface area contributed by atoms with Crippen molar-refractivity contribution in [3.63, 3.8) is 0 Å². The van der Waals surface area contributed by atoms with Crippen molar-refractivity contribution >= 4 is 17.5 Å². The number of hydrogen-bond donors (Lipinski definition) is 1. The van der Waals surface area contributed by atoms with Gasteiger partial charge in [0.1, 0.15) is 5.75 Å². The smallest absolute Gasteiger partial charge is 0.165 e. The molecule has 0 spiro atoms. The van der Waals surface area contributed by atoms with Gasteiger partial charge in [-0.15, -0.1) is 11.8 Å². The zero-order chi connectivity index (χ0) is 11.1. The summed E-state index contributed by atoms with van der Waals surface area (Å²) in [4.78, 5) is 12.8. The highest BCUT2D eigenvalue weighted by atomic mass is 32.2. The first-order valence-corrected chi connectivity index (χ1v) is 5.91. The van der Waals surface area contributed by atoms with Gasteiger partial charge in [0.05, 0.1) is 0 Å². The molecule has 0 bridgehead atoms. The van der Waals surface area contributed by atoms with Gasteiger partial charge in [-0.05, 0) is 31.5 Å². The number of benzene rings is 1. The summed E-state index contributed by atoms with van der Waals surface area (Å²) in [5.74, 6) is 0.419. The number of thioether (sulfide) groups is 1. The van der Waals surface area contributed by atoms with Gasteiger partial charge in [0.25, 0.3) is 0 Å². The van der Waals surface area contributed by atoms with E-state index in [0.29, 0.717) is 6.42 Å². The lowest BCUT2D eigenvalue weighted by atomic mass is 9.96. The molecule has 3 heteroatoms. The molecule has 0 saturated heterocycles. The number of carbonyl (C=O) groups is 1. The molecule has 1 heterocycles. The maximum Gasteiger partial charge on any atom is 0.165 e. The van der Waals surface area contributed by atoms with Gasteiger partial charge in [-0.1, -0.05) is 6.92 Å². The second-order valence-corrected chi connectivity index (χ2v) is 5.82. The Kier molecular flexibility index (Phi) is 2.51. The molecule has 1 aromatic rings. The van der Waals surface area contributed by atoms with Crippen LogP contribution in [0.15, 0.2) is 23.1 Å². The summed E-state index contributed by atoms with van der Waals surface area (Å²) >= 11 is 1.70. The van der Waals surface area contributed by atoms with Crippen LogP contribution >= 0.6 is 11.8 Å². The van der Waals surface area contributed by atoms with Gasteiger partial charge in [0, 0.05) is 21.6 Å². The topological polar surface area (TPSA) is 37.3 Å². The Morgan fingerprint density at radius 1 is 1.53 bits per heavy atom. The fraction of sp³-hybridized carbons (Fsp3) is 0.417. The maximum atomic E-state index is 11.9. The third-order valence-corrected chi connectivity index (χ3v) is 4.39. The largest absolute Gasteiger partial charge is 0.508 e. The summed E-state index contributed by atoms with van der Waals surface area (Å²) in [7, 11) is 0. The van der Waals surface area contributed by atoms with Crippen molar-refractivity contribution in [3.8, 4) is 5.75 Å². The minimum atomic E-state index is -0.0160. The Hall–Kier alpha value is -0.960. The quantitative estimate of drug-likeness (QED) is 0.792. The number of phenolic OH excluding ortho intramolecular Hbond substituents is 1. The number of hydrogen-bond acceptors (Lipinski definition) is 3. The van der Waals surface area contributed by atoms with Gasteiger partial charge in [0.15, 0.2) is 5.78 Å². The second-order valence-electron chi connectivity index (χ2n) is 4.19. The molecule has 0 aromatic heterocycles. The molecule has 15 heavy (non-hydrogen) atoms. The molecule has 0 aliphatic carbocycles. The first kappa shape index (κ1) is 10.6. The van der Waals surface area contributed by atoms with E-state index in [2.05, 4.69) is 13.8 Å². The predicted molar refractivity (Wildman–Crippen MR) is 61.6 cm³/mol. The summed E-state index contributed by atoms with van der Waals surface area (Å²) in [6.45, 7) is 4.19. The highest BCUT2D eigenvalue weighted by molar-refractivity contribution is 8.00. The minimum Gasteiger partial charge on any atom is -0.508 e. The van der Waals surface area contributed by atoms with E-state index in [-0.39, 0.29) is 16.3 Å². The molecule has 1 aliphatic rings. The maximum absolute atomic E-state index is 11.9. The number of rotatable bonds is 1. The molecule has 0 radical (unpaired) electrons. The van der Waals surface area contributed by atoms with E-state index in [1.165, 1.54) is 0 Å². The second kappa shape index (κ2) is 3.56. The molecule has 0 amide bonds. The van der Waals surface area contributed by atoms with Crippen molar-refractivity contribution in [2.24, 2.45) is 0 Å². The lowest BCUT2D eigenvalue weighted by Gasteiger charge is -2.32. The summed E-state index contributed by atoms with van der Waals surface area (Å²) in [5, 5.41) is 9.39. The molecular weight excluding hydrogens is 208 g/mol. The average Bonchev–Trinajstić information content (AvgIpc) is 2.16. The van der Waals surface area contributed by atoms with Crippen molar-refractivity contribution in [1.29, 1.82) is 0 Å². The molecule has 80 valence electrons. The molecule has 0 fully saturated rings. The van der Waals surface area contributed by atoms with Crippen LogP contribution in [0.2, 0.25) is 0 Å². The van der Waals surface area contributed by atoms with Gasteiger partial charge >= 0.3 is 0 Å². The summed E-state index contributed by atoms with van der Waals surface area (Å²) in [6.07, 6.45) is 1.55. The van der Waals surface area contributed by atoms with Crippen LogP contribution in [0.3, 0.4) is 0 Å². The Morgan fingerprint density at radius 3 is 2.93 bits per heavy atom. The molecule has 1 unspecified atom stereocenters. The molecule has 1 aliphatic heterocycles. The van der Waals surface area contributed by atoms with Crippen molar-refractivity contribution in [3.05, 3.63) is 23.8 Å². The van der Waals surface area contributed by atoms with Crippen LogP contribution in [0.5, 0.6) is 5.75 Å². The molecule has 0 saturated carbocycles. The Balaban J connectivity index is 2.46. The van der Waals surface area contributed by atoms with Crippen LogP contribution in [0, 0.1) is 0 Å². The van der Waals surface area contributed by atoms with Gasteiger partial charge in [0.2, 0.25) is 0 Å². The lowest BCUT2D eigenvalue weighted by molar-refractivity contribution is 0.0964. The van der Waals surface area contributed by atoms with Gasteiger partial charge in [-0.2, -0.15) is 0 Å². The Morgan fingerprint density at radius 2 is 2.27 bits per heavy atom. The number of ketones is 1. The Bertz CT molecular complexity index is 414. The van der Waals surface area contributed by atoms with Crippen molar-refractivity contribution < 1.29 is 9.90 Å². The fourth-order valence-electron chi connectivity index (χ4n) is 1.76. The monoisotopic (exact) mass is 222 g/mol. The first-order valence-electron chi connectivity index (χ1n) is 5.09. The van der Waals surface area contributed by atoms with Crippen molar-refractivity contribution in [2.45, 2.75) is 36.3 Å². The molecular formula is C12H14O2S. The molecule has 1 atom stereocenters. The minimum absolute atomic E-state index is 0.0160. The van der Waals surface area contributed by atoms with E-state index >= 15 is 0 Å². The highest BCUT2D eigenvalue weighted by Crippen LogP contribution is 2.45. The standard InChI is InChI=1S/C12H14O2S/c1-3-12(2)7-10(14)9-5-4-8(13)6-11(9)15-12/h4-6,13H,3,7H2,1-2H3. The van der Waals surface area contributed by atoms with Gasteiger partial charge in [-0.3, -0.25) is 4.79 Å². The normalized spacial score (nSPS) is 25.1. The molecule has 1 aromatic carbocycles. The lowest BCUT2D eigenvalue weighted by Crippen LogP contribution is -2.27. The molecule has 1 N–H and O–H groups in total. The predicted octanol–water partition coefficient (Wildman–Crippen LogP) is 3.24. The number of Topliss-reactive ketones (excluding diaryl/α,β-unsaturated/α-hetero) is 1. The SMILES string of the molecule is CCC1(C)CC(=O)c2ccc(O)cc2S1. The Labute approximate surface area is 93.7 Å².